The number of carbonyl (C=O) groups excluding carboxylic acids is 1. The number of amides is 1. The average Bonchev–Trinajstić information content (AvgIpc) is 3.17. The van der Waals surface area contributed by atoms with E-state index in [1.807, 2.05) is 38.1 Å². The number of hydrogen-bond donors (Lipinski definition) is 2. The maximum absolute atomic E-state index is 12.7. The van der Waals surface area contributed by atoms with Crippen molar-refractivity contribution in [3.8, 4) is 0 Å². The second-order valence-corrected chi connectivity index (χ2v) is 8.16. The number of aromatic nitrogens is 3. The number of rotatable bonds is 6. The van der Waals surface area contributed by atoms with Crippen LogP contribution in [0.2, 0.25) is 5.02 Å². The maximum Gasteiger partial charge on any atom is 0.256 e. The van der Waals surface area contributed by atoms with Crippen LogP contribution in [-0.4, -0.2) is 59.9 Å². The molecule has 3 aromatic rings. The zero-order chi connectivity index (χ0) is 21.1. The molecule has 1 aliphatic heterocycles. The molecule has 4 rings (SSSR count). The summed E-state index contributed by atoms with van der Waals surface area (Å²) in [5.41, 5.74) is 5.27. The summed E-state index contributed by atoms with van der Waals surface area (Å²) < 4.78 is 7.14. The number of nitrogens with zero attached hydrogens (tertiary/aromatic N) is 3. The highest BCUT2D eigenvalue weighted by Gasteiger charge is 2.19. The van der Waals surface area contributed by atoms with E-state index in [1.54, 1.807) is 10.7 Å². The van der Waals surface area contributed by atoms with Crippen LogP contribution in [0.25, 0.3) is 5.65 Å². The molecule has 0 saturated carbocycles. The molecule has 0 atom stereocenters. The Balaban J connectivity index is 1.50. The molecule has 30 heavy (non-hydrogen) atoms. The number of nitrogens with one attached hydrogen (secondary N) is 2. The number of fused-ring (bicyclic) bond motifs is 1. The highest BCUT2D eigenvalue weighted by molar-refractivity contribution is 6.30. The molecular weight excluding hydrogens is 402 g/mol. The number of morpholine rings is 1. The highest BCUT2D eigenvalue weighted by atomic mass is 35.5. The third-order valence-corrected chi connectivity index (χ3v) is 5.96. The summed E-state index contributed by atoms with van der Waals surface area (Å²) in [5.74, 6) is -0.130. The van der Waals surface area contributed by atoms with Crippen LogP contribution in [0.1, 0.15) is 32.9 Å². The summed E-state index contributed by atoms with van der Waals surface area (Å²) in [6, 6.07) is 7.82. The van der Waals surface area contributed by atoms with Crippen molar-refractivity contribution in [2.24, 2.45) is 0 Å². The topological polar surface area (TPSA) is 73.0 Å². The zero-order valence-corrected chi connectivity index (χ0v) is 18.1. The molecule has 1 amide bonds. The standard InChI is InChI=1S/C22H26ClN5O2/c1-15-19(13-17-3-5-18(23)6-4-17)16(2)28-21(26-15)20(14-25-28)22(29)24-7-8-27-9-11-30-12-10-27/h3-6,14H,7-13H2,1-2H3,(H,24,29)/p+1. The summed E-state index contributed by atoms with van der Waals surface area (Å²) in [7, 11) is 0. The first-order valence-corrected chi connectivity index (χ1v) is 10.7. The smallest absolute Gasteiger partial charge is 0.256 e. The SMILES string of the molecule is Cc1nc2c(C(=O)NCC[NH+]3CCOCC3)cnn2c(C)c1Cc1ccc(Cl)cc1. The van der Waals surface area contributed by atoms with E-state index in [9.17, 15) is 4.79 Å². The van der Waals surface area contributed by atoms with Gasteiger partial charge in [-0.05, 0) is 37.1 Å². The van der Waals surface area contributed by atoms with Crippen molar-refractivity contribution in [3.05, 3.63) is 63.6 Å². The van der Waals surface area contributed by atoms with E-state index < -0.39 is 0 Å². The minimum atomic E-state index is -0.130. The Morgan fingerprint density at radius 2 is 1.97 bits per heavy atom. The van der Waals surface area contributed by atoms with Gasteiger partial charge in [0.15, 0.2) is 5.65 Å². The van der Waals surface area contributed by atoms with E-state index in [2.05, 4.69) is 10.4 Å². The molecule has 0 aliphatic carbocycles. The number of ether oxygens (including phenoxy) is 1. The van der Waals surface area contributed by atoms with Gasteiger partial charge in [-0.3, -0.25) is 4.79 Å². The van der Waals surface area contributed by atoms with Gasteiger partial charge < -0.3 is 15.0 Å². The first kappa shape index (κ1) is 20.8. The van der Waals surface area contributed by atoms with Gasteiger partial charge >= 0.3 is 0 Å². The van der Waals surface area contributed by atoms with Crippen LogP contribution in [0.15, 0.2) is 30.5 Å². The molecule has 7 nitrogen and oxygen atoms in total. The lowest BCUT2D eigenvalue weighted by molar-refractivity contribution is -0.906. The highest BCUT2D eigenvalue weighted by Crippen LogP contribution is 2.21. The lowest BCUT2D eigenvalue weighted by Gasteiger charge is -2.23. The van der Waals surface area contributed by atoms with Crippen LogP contribution in [0.3, 0.4) is 0 Å². The van der Waals surface area contributed by atoms with Gasteiger partial charge in [-0.25, -0.2) is 9.50 Å². The Bertz CT molecular complexity index is 1040. The number of halogens is 1. The third kappa shape index (κ3) is 4.48. The second kappa shape index (κ2) is 9.12. The largest absolute Gasteiger partial charge is 0.370 e. The molecule has 8 heteroatoms. The van der Waals surface area contributed by atoms with Crippen LogP contribution in [0, 0.1) is 13.8 Å². The van der Waals surface area contributed by atoms with Crippen LogP contribution < -0.4 is 10.2 Å². The van der Waals surface area contributed by atoms with Gasteiger partial charge in [-0.2, -0.15) is 5.10 Å². The van der Waals surface area contributed by atoms with Crippen LogP contribution in [-0.2, 0) is 11.2 Å². The van der Waals surface area contributed by atoms with Crippen molar-refractivity contribution < 1.29 is 14.4 Å². The van der Waals surface area contributed by atoms with E-state index in [1.165, 1.54) is 4.90 Å². The Morgan fingerprint density at radius 1 is 1.23 bits per heavy atom. The lowest BCUT2D eigenvalue weighted by Crippen LogP contribution is -3.14. The van der Waals surface area contributed by atoms with E-state index in [0.717, 1.165) is 66.8 Å². The van der Waals surface area contributed by atoms with Gasteiger partial charge in [0, 0.05) is 22.8 Å². The second-order valence-electron chi connectivity index (χ2n) is 7.73. The summed E-state index contributed by atoms with van der Waals surface area (Å²) >= 11 is 6.00. The molecular formula is C22H27ClN5O2+. The first-order chi connectivity index (χ1) is 14.5. The first-order valence-electron chi connectivity index (χ1n) is 10.3. The predicted molar refractivity (Wildman–Crippen MR) is 115 cm³/mol. The fourth-order valence-electron chi connectivity index (χ4n) is 3.89. The van der Waals surface area contributed by atoms with E-state index >= 15 is 0 Å². The van der Waals surface area contributed by atoms with Crippen LogP contribution >= 0.6 is 11.6 Å². The Morgan fingerprint density at radius 3 is 2.70 bits per heavy atom. The zero-order valence-electron chi connectivity index (χ0n) is 17.4. The van der Waals surface area contributed by atoms with Crippen LogP contribution in [0.5, 0.6) is 0 Å². The number of hydrogen-bond acceptors (Lipinski definition) is 4. The van der Waals surface area contributed by atoms with Gasteiger partial charge in [0.1, 0.15) is 18.7 Å². The maximum atomic E-state index is 12.7. The molecule has 0 spiro atoms. The van der Waals surface area contributed by atoms with Gasteiger partial charge in [-0.1, -0.05) is 23.7 Å². The molecule has 0 radical (unpaired) electrons. The van der Waals surface area contributed by atoms with Gasteiger partial charge in [0.25, 0.3) is 5.91 Å². The quantitative estimate of drug-likeness (QED) is 0.619. The number of benzene rings is 1. The summed E-state index contributed by atoms with van der Waals surface area (Å²) in [6.07, 6.45) is 2.35. The molecule has 1 aliphatic rings. The van der Waals surface area contributed by atoms with Crippen molar-refractivity contribution in [2.45, 2.75) is 20.3 Å². The van der Waals surface area contributed by atoms with E-state index in [4.69, 9.17) is 21.3 Å². The minimum absolute atomic E-state index is 0.130. The van der Waals surface area contributed by atoms with Gasteiger partial charge in [0.05, 0.1) is 32.5 Å². The molecule has 0 bridgehead atoms. The average molecular weight is 429 g/mol. The molecule has 2 N–H and O–H groups in total. The number of aryl methyl sites for hydroxylation is 2. The Hall–Kier alpha value is -2.48. The lowest BCUT2D eigenvalue weighted by atomic mass is 10.0. The molecule has 2 aromatic heterocycles. The molecule has 3 heterocycles. The van der Waals surface area contributed by atoms with Crippen molar-refractivity contribution in [1.82, 2.24) is 19.9 Å². The summed E-state index contributed by atoms with van der Waals surface area (Å²) in [4.78, 5) is 18.9. The number of carbonyl (C=O) groups is 1. The van der Waals surface area contributed by atoms with Crippen molar-refractivity contribution in [2.75, 3.05) is 39.4 Å². The molecule has 158 valence electrons. The number of quaternary nitrogens is 1. The monoisotopic (exact) mass is 428 g/mol. The summed E-state index contributed by atoms with van der Waals surface area (Å²) in [5, 5.41) is 8.18. The molecule has 0 unspecified atom stereocenters. The third-order valence-electron chi connectivity index (χ3n) is 5.71. The van der Waals surface area contributed by atoms with Crippen molar-refractivity contribution in [1.29, 1.82) is 0 Å². The molecule has 1 saturated heterocycles. The van der Waals surface area contributed by atoms with E-state index in [-0.39, 0.29) is 5.91 Å². The van der Waals surface area contributed by atoms with Crippen LogP contribution in [0.4, 0.5) is 0 Å². The van der Waals surface area contributed by atoms with E-state index in [0.29, 0.717) is 17.8 Å². The van der Waals surface area contributed by atoms with Gasteiger partial charge in [0.2, 0.25) is 0 Å². The van der Waals surface area contributed by atoms with Crippen molar-refractivity contribution >= 4 is 23.2 Å². The predicted octanol–water partition coefficient (Wildman–Crippen LogP) is 1.24. The fourth-order valence-corrected chi connectivity index (χ4v) is 4.02. The summed E-state index contributed by atoms with van der Waals surface area (Å²) in [6.45, 7) is 9.07. The van der Waals surface area contributed by atoms with Gasteiger partial charge in [-0.15, -0.1) is 0 Å². The normalized spacial score (nSPS) is 14.9. The Labute approximate surface area is 181 Å². The molecule has 1 fully saturated rings. The minimum Gasteiger partial charge on any atom is -0.370 e. The molecule has 1 aromatic carbocycles. The Kier molecular flexibility index (Phi) is 6.32. The van der Waals surface area contributed by atoms with Crippen molar-refractivity contribution in [3.63, 3.8) is 0 Å². The fraction of sp³-hybridized carbons (Fsp3) is 0.409.